The molecule has 0 saturated carbocycles. The molecule has 0 aliphatic rings. The summed E-state index contributed by atoms with van der Waals surface area (Å²) in [6, 6.07) is 5.78. The normalized spacial score (nSPS) is 11.8. The van der Waals surface area contributed by atoms with Crippen molar-refractivity contribution in [3.63, 3.8) is 0 Å². The molecule has 0 radical (unpaired) electrons. The number of hydrogen-bond acceptors (Lipinski definition) is 4. The average molecular weight is 353 g/mol. The second kappa shape index (κ2) is 10.1. The van der Waals surface area contributed by atoms with Crippen molar-refractivity contribution in [1.29, 1.82) is 0 Å². The van der Waals surface area contributed by atoms with Gasteiger partial charge in [-0.05, 0) is 77.2 Å². The highest BCUT2D eigenvalue weighted by atomic mass is 32.1. The van der Waals surface area contributed by atoms with Crippen LogP contribution in [-0.2, 0) is 4.79 Å². The fourth-order valence-electron chi connectivity index (χ4n) is 1.96. The second-order valence-electron chi connectivity index (χ2n) is 5.99. The molecule has 0 spiro atoms. The molecule has 3 N–H and O–H groups in total. The van der Waals surface area contributed by atoms with Crippen molar-refractivity contribution in [2.75, 3.05) is 27.2 Å². The van der Waals surface area contributed by atoms with E-state index in [4.69, 9.17) is 17.0 Å². The van der Waals surface area contributed by atoms with Gasteiger partial charge in [0.05, 0.1) is 0 Å². The van der Waals surface area contributed by atoms with Gasteiger partial charge in [0.1, 0.15) is 5.75 Å². The predicted molar refractivity (Wildman–Crippen MR) is 101 cm³/mol. The predicted octanol–water partition coefficient (Wildman–Crippen LogP) is 1.52. The summed E-state index contributed by atoms with van der Waals surface area (Å²) in [6.45, 7) is 7.40. The van der Waals surface area contributed by atoms with Crippen LogP contribution < -0.4 is 20.9 Å². The topological polar surface area (TPSA) is 65.6 Å². The number of nitrogens with zero attached hydrogens (tertiary/aromatic N) is 1. The van der Waals surface area contributed by atoms with Crippen LogP contribution in [0.25, 0.3) is 0 Å². The van der Waals surface area contributed by atoms with Crippen LogP contribution in [0.4, 0.5) is 0 Å². The minimum Gasteiger partial charge on any atom is -0.481 e. The summed E-state index contributed by atoms with van der Waals surface area (Å²) in [7, 11) is 4.04. The maximum absolute atomic E-state index is 12.1. The van der Waals surface area contributed by atoms with E-state index in [1.807, 2.05) is 46.1 Å². The van der Waals surface area contributed by atoms with Crippen LogP contribution in [0.15, 0.2) is 18.2 Å². The van der Waals surface area contributed by atoms with Crippen molar-refractivity contribution < 1.29 is 9.53 Å². The Hall–Kier alpha value is -1.86. The van der Waals surface area contributed by atoms with Crippen LogP contribution in [0.3, 0.4) is 0 Å². The smallest absolute Gasteiger partial charge is 0.279 e. The molecular weight excluding hydrogens is 324 g/mol. The van der Waals surface area contributed by atoms with E-state index >= 15 is 0 Å². The van der Waals surface area contributed by atoms with E-state index in [1.54, 1.807) is 6.92 Å². The number of hydrogen-bond donors (Lipinski definition) is 3. The summed E-state index contributed by atoms with van der Waals surface area (Å²) in [5.41, 5.74) is 7.41. The first-order chi connectivity index (χ1) is 11.3. The number of benzene rings is 1. The first kappa shape index (κ1) is 20.2. The fraction of sp³-hybridized carbons (Fsp3) is 0.529. The molecule has 0 fully saturated rings. The van der Waals surface area contributed by atoms with Crippen LogP contribution in [0, 0.1) is 13.8 Å². The minimum atomic E-state index is -0.630. The first-order valence-electron chi connectivity index (χ1n) is 8.02. The molecule has 1 aromatic carbocycles. The van der Waals surface area contributed by atoms with Crippen molar-refractivity contribution in [3.8, 4) is 5.75 Å². The minimum absolute atomic E-state index is 0.284. The van der Waals surface area contributed by atoms with Gasteiger partial charge >= 0.3 is 0 Å². The Kier molecular flexibility index (Phi) is 8.49. The van der Waals surface area contributed by atoms with Crippen LogP contribution in [0.5, 0.6) is 5.75 Å². The van der Waals surface area contributed by atoms with Gasteiger partial charge in [-0.3, -0.25) is 15.6 Å². The van der Waals surface area contributed by atoms with Crippen LogP contribution in [0.1, 0.15) is 24.5 Å². The number of aryl methyl sites for hydroxylation is 1. The zero-order valence-corrected chi connectivity index (χ0v) is 15.9. The van der Waals surface area contributed by atoms with E-state index < -0.39 is 6.10 Å². The highest BCUT2D eigenvalue weighted by Crippen LogP contribution is 2.21. The molecule has 1 amide bonds. The number of ether oxygens (including phenoxy) is 1. The third-order valence-electron chi connectivity index (χ3n) is 3.59. The van der Waals surface area contributed by atoms with E-state index in [0.717, 1.165) is 30.6 Å². The molecule has 7 heteroatoms. The highest BCUT2D eigenvalue weighted by molar-refractivity contribution is 7.80. The molecule has 0 aromatic heterocycles. The lowest BCUT2D eigenvalue weighted by Crippen LogP contribution is -2.50. The number of rotatable bonds is 7. The average Bonchev–Trinajstić information content (AvgIpc) is 2.53. The van der Waals surface area contributed by atoms with Gasteiger partial charge in [0.15, 0.2) is 11.2 Å². The number of amides is 1. The molecule has 1 aromatic rings. The van der Waals surface area contributed by atoms with Gasteiger partial charge in [-0.2, -0.15) is 0 Å². The summed E-state index contributed by atoms with van der Waals surface area (Å²) < 4.78 is 5.72. The summed E-state index contributed by atoms with van der Waals surface area (Å²) in [5.74, 6) is 0.426. The molecule has 0 aliphatic heterocycles. The highest BCUT2D eigenvalue weighted by Gasteiger charge is 2.16. The largest absolute Gasteiger partial charge is 0.481 e. The Bertz CT molecular complexity index is 564. The van der Waals surface area contributed by atoms with Gasteiger partial charge in [0, 0.05) is 6.54 Å². The van der Waals surface area contributed by atoms with Gasteiger partial charge in [0.2, 0.25) is 0 Å². The molecule has 1 atom stereocenters. The molecule has 1 rings (SSSR count). The van der Waals surface area contributed by atoms with Crippen molar-refractivity contribution in [1.82, 2.24) is 21.1 Å². The Morgan fingerprint density at radius 1 is 1.29 bits per heavy atom. The molecule has 0 bridgehead atoms. The maximum Gasteiger partial charge on any atom is 0.279 e. The molecule has 0 aliphatic carbocycles. The van der Waals surface area contributed by atoms with Gasteiger partial charge in [-0.1, -0.05) is 12.1 Å². The Morgan fingerprint density at radius 3 is 2.67 bits per heavy atom. The lowest BCUT2D eigenvalue weighted by molar-refractivity contribution is -0.127. The zero-order valence-electron chi connectivity index (χ0n) is 15.1. The third kappa shape index (κ3) is 7.14. The maximum atomic E-state index is 12.1. The van der Waals surface area contributed by atoms with Gasteiger partial charge in [-0.25, -0.2) is 0 Å². The van der Waals surface area contributed by atoms with Crippen molar-refractivity contribution in [2.45, 2.75) is 33.3 Å². The number of carbonyl (C=O) groups excluding carboxylic acids is 1. The molecule has 134 valence electrons. The molecule has 0 unspecified atom stereocenters. The zero-order chi connectivity index (χ0) is 18.1. The van der Waals surface area contributed by atoms with E-state index in [-0.39, 0.29) is 5.91 Å². The van der Waals surface area contributed by atoms with Crippen LogP contribution in [-0.4, -0.2) is 49.2 Å². The lowest BCUT2D eigenvalue weighted by atomic mass is 10.1. The number of thiocarbonyl (C=S) groups is 1. The lowest BCUT2D eigenvalue weighted by Gasteiger charge is -2.18. The SMILES string of the molecule is Cc1cccc(O[C@@H](C)C(=O)NNC(=S)NCCCN(C)C)c1C. The summed E-state index contributed by atoms with van der Waals surface area (Å²) >= 11 is 5.11. The number of hydrazine groups is 1. The Morgan fingerprint density at radius 2 is 2.00 bits per heavy atom. The van der Waals surface area contributed by atoms with Crippen LogP contribution >= 0.6 is 12.2 Å². The quantitative estimate of drug-likeness (QED) is 0.393. The second-order valence-corrected chi connectivity index (χ2v) is 6.39. The van der Waals surface area contributed by atoms with E-state index in [2.05, 4.69) is 21.1 Å². The summed E-state index contributed by atoms with van der Waals surface area (Å²) in [6.07, 6.45) is 0.337. The number of nitrogens with one attached hydrogen (secondary N) is 3. The molecule has 0 saturated heterocycles. The molecule has 6 nitrogen and oxygen atoms in total. The van der Waals surface area contributed by atoms with Gasteiger partial charge in [-0.15, -0.1) is 0 Å². The summed E-state index contributed by atoms with van der Waals surface area (Å²) in [5, 5.41) is 3.43. The standard InChI is InChI=1S/C17H28N4O2S/c1-12-8-6-9-15(13(12)2)23-14(3)16(22)19-20-17(24)18-10-7-11-21(4)5/h6,8-9,14H,7,10-11H2,1-5H3,(H,19,22)(H2,18,20,24)/t14-/m0/s1. The Labute approximate surface area is 149 Å². The monoisotopic (exact) mass is 352 g/mol. The van der Waals surface area contributed by atoms with Crippen molar-refractivity contribution >= 4 is 23.2 Å². The van der Waals surface area contributed by atoms with E-state index in [1.165, 1.54) is 0 Å². The van der Waals surface area contributed by atoms with Gasteiger partial charge < -0.3 is 15.0 Å². The first-order valence-corrected chi connectivity index (χ1v) is 8.43. The number of carbonyl (C=O) groups is 1. The molecule has 24 heavy (non-hydrogen) atoms. The van der Waals surface area contributed by atoms with Gasteiger partial charge in [0.25, 0.3) is 5.91 Å². The fourth-order valence-corrected chi connectivity index (χ4v) is 2.11. The van der Waals surface area contributed by atoms with E-state index in [0.29, 0.717) is 10.9 Å². The van der Waals surface area contributed by atoms with Crippen LogP contribution in [0.2, 0.25) is 0 Å². The van der Waals surface area contributed by atoms with Crippen molar-refractivity contribution in [2.24, 2.45) is 0 Å². The summed E-state index contributed by atoms with van der Waals surface area (Å²) in [4.78, 5) is 14.2. The Balaban J connectivity index is 2.34. The third-order valence-corrected chi connectivity index (χ3v) is 3.84. The molecule has 0 heterocycles. The van der Waals surface area contributed by atoms with E-state index in [9.17, 15) is 4.79 Å². The van der Waals surface area contributed by atoms with Crippen molar-refractivity contribution in [3.05, 3.63) is 29.3 Å². The molecular formula is C17H28N4O2S.